The van der Waals surface area contributed by atoms with Gasteiger partial charge in [0.2, 0.25) is 0 Å². The summed E-state index contributed by atoms with van der Waals surface area (Å²) in [7, 11) is 0. The first-order valence-electron chi connectivity index (χ1n) is 47.1. The molecule has 6 aromatic heterocycles. The molecule has 0 spiro atoms. The van der Waals surface area contributed by atoms with Crippen LogP contribution in [0.3, 0.4) is 0 Å². The molecule has 0 saturated carbocycles. The van der Waals surface area contributed by atoms with Crippen LogP contribution in [0, 0.1) is 0 Å². The molecule has 0 bridgehead atoms. The Balaban J connectivity index is 0.000000101. The van der Waals surface area contributed by atoms with Gasteiger partial charge >= 0.3 is 0 Å². The number of furan rings is 3. The third kappa shape index (κ3) is 11.0. The Morgan fingerprint density at radius 1 is 0.193 bits per heavy atom. The monoisotopic (exact) mass is 1730 g/mol. The average molecular weight is 1730 g/mol. The second-order valence-electron chi connectivity index (χ2n) is 38.7. The fraction of sp³-hybridized carbons (Fsp3) is 0.0698. The van der Waals surface area contributed by atoms with Crippen molar-refractivity contribution in [1.82, 2.24) is 13.7 Å². The van der Waals surface area contributed by atoms with Crippen molar-refractivity contribution < 1.29 is 13.3 Å². The van der Waals surface area contributed by atoms with Crippen molar-refractivity contribution in [3.8, 4) is 83.8 Å². The second-order valence-corrected chi connectivity index (χ2v) is 38.7. The van der Waals surface area contributed by atoms with Crippen molar-refractivity contribution in [2.24, 2.45) is 0 Å². The summed E-state index contributed by atoms with van der Waals surface area (Å²) in [6, 6.07) is 152. The van der Waals surface area contributed by atoms with Gasteiger partial charge < -0.3 is 27.0 Å². The maximum Gasteiger partial charge on any atom is 0.143 e. The second kappa shape index (κ2) is 28.6. The van der Waals surface area contributed by atoms with Crippen molar-refractivity contribution in [3.05, 3.63) is 452 Å². The molecule has 27 aromatic rings. The normalized spacial score (nSPS) is 13.7. The minimum atomic E-state index is -0.156. The molecule has 0 N–H and O–H groups in total. The van der Waals surface area contributed by atoms with E-state index >= 15 is 0 Å². The van der Waals surface area contributed by atoms with E-state index in [9.17, 15) is 0 Å². The SMILES string of the molecule is CC1(C)c2ccccc2-c2c1c1c(c3ccccc23)c2ccccc2n1-c1ccc(-c2cccc3c2oc2ccccc23)cc1.CC1(C)c2ccccc2-c2c1c1c3ccccc3n(-c3ccc(-c4ccc5c(c4)oc4ccccc45)cc3)c1c1ccccc21.CC1(C)c2ccccc2-c2ccc3c4c5ccccc5ccc4n(-c4ccc(-c5ccc6oc7ccccc7c6c5)cc4)c3c21. The summed E-state index contributed by atoms with van der Waals surface area (Å²) in [5.41, 5.74) is 39.8. The van der Waals surface area contributed by atoms with Crippen molar-refractivity contribution in [2.75, 3.05) is 0 Å². The number of benzene rings is 21. The van der Waals surface area contributed by atoms with E-state index in [1.54, 1.807) is 0 Å². The largest absolute Gasteiger partial charge is 0.456 e. The van der Waals surface area contributed by atoms with E-state index in [1.165, 1.54) is 187 Å². The summed E-state index contributed by atoms with van der Waals surface area (Å²) in [6.07, 6.45) is 0. The predicted octanol–water partition coefficient (Wildman–Crippen LogP) is 35.4. The maximum atomic E-state index is 6.40. The third-order valence-corrected chi connectivity index (χ3v) is 30.5. The zero-order valence-electron chi connectivity index (χ0n) is 75.4. The van der Waals surface area contributed by atoms with E-state index in [2.05, 4.69) is 437 Å². The molecule has 0 aliphatic heterocycles. The van der Waals surface area contributed by atoms with E-state index in [-0.39, 0.29) is 16.2 Å². The summed E-state index contributed by atoms with van der Waals surface area (Å²) in [5, 5.41) is 22.6. The van der Waals surface area contributed by atoms with Crippen LogP contribution in [0.2, 0.25) is 0 Å². The molecule has 6 heteroatoms. The Labute approximate surface area is 778 Å². The molecule has 3 aliphatic rings. The predicted molar refractivity (Wildman–Crippen MR) is 566 cm³/mol. The lowest BCUT2D eigenvalue weighted by atomic mass is 9.79. The van der Waals surface area contributed by atoms with Gasteiger partial charge in [0.25, 0.3) is 0 Å². The summed E-state index contributed by atoms with van der Waals surface area (Å²) in [4.78, 5) is 0. The highest BCUT2D eigenvalue weighted by atomic mass is 16.3. The summed E-state index contributed by atoms with van der Waals surface area (Å²) in [5.74, 6) is 0. The van der Waals surface area contributed by atoms with E-state index in [1.807, 2.05) is 36.4 Å². The van der Waals surface area contributed by atoms with Crippen LogP contribution in [-0.2, 0) is 16.2 Å². The quantitative estimate of drug-likeness (QED) is 0.167. The number of nitrogens with zero attached hydrogens (tertiary/aromatic N) is 3. The number of rotatable bonds is 6. The molecular weight excluding hydrogens is 1640 g/mol. The molecule has 0 amide bonds. The van der Waals surface area contributed by atoms with Gasteiger partial charge in [0, 0.05) is 109 Å². The molecule has 3 aliphatic carbocycles. The first-order chi connectivity index (χ1) is 66.3. The fourth-order valence-electron chi connectivity index (χ4n) is 24.5. The maximum absolute atomic E-state index is 6.40. The third-order valence-electron chi connectivity index (χ3n) is 30.5. The lowest BCUT2D eigenvalue weighted by Gasteiger charge is -2.24. The standard InChI is InChI=1S/3C43H29NO/c1-43(2)35-19-8-5-15-33(35)38-30-13-3-4-14-31(30)39-34-16-6-9-20-36(34)44(41(39)40(38)43)27-24-22-26(23-25-27)28-17-11-18-32-29-12-7-10-21-37(29)45-42(28)32;1-43(2)35-16-8-5-14-33(35)39-31-12-3-4-13-32(31)42-40(41(39)43)34-15-6-9-17-36(34)44(42)28-22-19-26(20-23-28)27-21-24-30-29-11-7-10-18-37(29)45-38(30)25-27;1-43(2)36-13-7-5-11-31(36)33-21-22-34-40-30-10-4-3-9-27(30)17-23-37(40)44(42(34)41(33)43)29-19-15-26(16-20-29)28-18-24-39-35(25-28)32-12-6-8-14-38(32)45-39/h3*3-25H,1-2H3. The Morgan fingerprint density at radius 2 is 0.600 bits per heavy atom. The average Bonchev–Trinajstić information content (AvgIpc) is 1.53. The van der Waals surface area contributed by atoms with Gasteiger partial charge in [-0.15, -0.1) is 0 Å². The number of fused-ring (bicyclic) bond motifs is 38. The van der Waals surface area contributed by atoms with Gasteiger partial charge in [0.1, 0.15) is 33.5 Å². The van der Waals surface area contributed by atoms with Crippen molar-refractivity contribution in [2.45, 2.75) is 57.8 Å². The summed E-state index contributed by atoms with van der Waals surface area (Å²) >= 11 is 0. The molecular formula is C129H87N3O3. The van der Waals surface area contributed by atoms with Crippen LogP contribution in [0.1, 0.15) is 74.9 Å². The molecule has 6 heterocycles. The van der Waals surface area contributed by atoms with Crippen LogP contribution in [0.15, 0.2) is 432 Å². The topological polar surface area (TPSA) is 54.2 Å². The molecule has 0 unspecified atom stereocenters. The Morgan fingerprint density at radius 3 is 1.24 bits per heavy atom. The van der Waals surface area contributed by atoms with Gasteiger partial charge in [-0.3, -0.25) is 0 Å². The Bertz CT molecular complexity index is 9760. The van der Waals surface area contributed by atoms with Crippen LogP contribution in [0.4, 0.5) is 0 Å². The van der Waals surface area contributed by atoms with Gasteiger partial charge in [-0.05, 0) is 219 Å². The minimum absolute atomic E-state index is 0.123. The number of aromatic nitrogens is 3. The number of hydrogen-bond acceptors (Lipinski definition) is 3. The van der Waals surface area contributed by atoms with Gasteiger partial charge in [0.05, 0.1) is 33.1 Å². The van der Waals surface area contributed by atoms with Crippen LogP contribution >= 0.6 is 0 Å². The van der Waals surface area contributed by atoms with Gasteiger partial charge in [0.15, 0.2) is 0 Å². The summed E-state index contributed by atoms with van der Waals surface area (Å²) in [6.45, 7) is 14.3. The zero-order valence-corrected chi connectivity index (χ0v) is 75.4. The molecule has 30 rings (SSSR count). The van der Waals surface area contributed by atoms with E-state index in [4.69, 9.17) is 13.3 Å². The van der Waals surface area contributed by atoms with Crippen LogP contribution in [0.5, 0.6) is 0 Å². The molecule has 0 saturated heterocycles. The lowest BCUT2D eigenvalue weighted by Crippen LogP contribution is -2.16. The molecule has 6 nitrogen and oxygen atoms in total. The highest BCUT2D eigenvalue weighted by Crippen LogP contribution is 2.60. The Hall–Kier alpha value is -16.8. The number of para-hydroxylation sites is 6. The molecule has 21 aromatic carbocycles. The minimum Gasteiger partial charge on any atom is -0.456 e. The smallest absolute Gasteiger partial charge is 0.143 e. The van der Waals surface area contributed by atoms with Gasteiger partial charge in [-0.1, -0.05) is 363 Å². The fourth-order valence-corrected chi connectivity index (χ4v) is 24.5. The molecule has 0 atom stereocenters. The highest BCUT2D eigenvalue weighted by molar-refractivity contribution is 6.29. The molecule has 0 fully saturated rings. The summed E-state index contributed by atoms with van der Waals surface area (Å²) < 4.78 is 26.2. The molecule has 135 heavy (non-hydrogen) atoms. The van der Waals surface area contributed by atoms with Crippen LogP contribution in [0.25, 0.3) is 247 Å². The van der Waals surface area contributed by atoms with Crippen LogP contribution < -0.4 is 0 Å². The first-order valence-corrected chi connectivity index (χ1v) is 47.1. The lowest BCUT2D eigenvalue weighted by molar-refractivity contribution is 0.664. The molecule has 636 valence electrons. The molecule has 0 radical (unpaired) electrons. The van der Waals surface area contributed by atoms with Crippen molar-refractivity contribution in [3.63, 3.8) is 0 Å². The highest BCUT2D eigenvalue weighted by Gasteiger charge is 2.43. The van der Waals surface area contributed by atoms with Gasteiger partial charge in [-0.2, -0.15) is 0 Å². The van der Waals surface area contributed by atoms with Crippen molar-refractivity contribution in [1.29, 1.82) is 0 Å². The zero-order chi connectivity index (χ0) is 89.6. The van der Waals surface area contributed by atoms with Crippen molar-refractivity contribution >= 4 is 164 Å². The van der Waals surface area contributed by atoms with E-state index in [0.717, 1.165) is 93.9 Å². The van der Waals surface area contributed by atoms with Gasteiger partial charge in [-0.25, -0.2) is 0 Å². The van der Waals surface area contributed by atoms with E-state index < -0.39 is 0 Å². The first kappa shape index (κ1) is 77.0. The Kier molecular flexibility index (Phi) is 16.3. The van der Waals surface area contributed by atoms with Crippen LogP contribution in [-0.4, -0.2) is 13.7 Å². The number of hydrogen-bond donors (Lipinski definition) is 0. The van der Waals surface area contributed by atoms with E-state index in [0.29, 0.717) is 0 Å².